The average Bonchev–Trinajstić information content (AvgIpc) is 2.68. The number of nitrogens with one attached hydrogen (secondary N) is 4. The van der Waals surface area contributed by atoms with Crippen LogP contribution in [0.25, 0.3) is 0 Å². The number of carbonyl (C=O) groups excluding carboxylic acids is 2. The summed E-state index contributed by atoms with van der Waals surface area (Å²) in [5, 5.41) is 24.8. The summed E-state index contributed by atoms with van der Waals surface area (Å²) in [6.07, 6.45) is 0.643. The Hall–Kier alpha value is -3.39. The number of amides is 2. The highest BCUT2D eigenvalue weighted by Gasteiger charge is 2.05. The molecule has 0 aliphatic carbocycles. The lowest BCUT2D eigenvalue weighted by molar-refractivity contribution is -0.125. The molecule has 0 atom stereocenters. The van der Waals surface area contributed by atoms with E-state index in [-0.39, 0.29) is 36.5 Å². The molecule has 0 bridgehead atoms. The second-order valence-electron chi connectivity index (χ2n) is 6.26. The molecular weight excluding hydrogens is 358 g/mol. The van der Waals surface area contributed by atoms with Gasteiger partial charge in [-0.3, -0.25) is 15.0 Å². The summed E-state index contributed by atoms with van der Waals surface area (Å²) in [5.74, 6) is -0.307. The summed E-state index contributed by atoms with van der Waals surface area (Å²) in [6, 6.07) is 14.0. The minimum atomic E-state index is -0.269. The first-order valence-electron chi connectivity index (χ1n) is 8.89. The molecule has 0 unspecified atom stereocenters. The zero-order chi connectivity index (χ0) is 20.4. The highest BCUT2D eigenvalue weighted by molar-refractivity contribution is 5.94. The fraction of sp³-hybridized carbons (Fsp3) is 0.250. The lowest BCUT2D eigenvalue weighted by Crippen LogP contribution is -2.41. The predicted molar refractivity (Wildman–Crippen MR) is 107 cm³/mol. The van der Waals surface area contributed by atoms with Crippen LogP contribution in [0.4, 0.5) is 0 Å². The third kappa shape index (κ3) is 7.46. The Balaban J connectivity index is 1.57. The largest absolute Gasteiger partial charge is 0.508 e. The zero-order valence-corrected chi connectivity index (χ0v) is 15.5. The minimum absolute atomic E-state index is 0.0141. The van der Waals surface area contributed by atoms with Crippen molar-refractivity contribution in [1.29, 1.82) is 5.41 Å². The predicted octanol–water partition coefficient (Wildman–Crippen LogP) is 0.241. The third-order valence-electron chi connectivity index (χ3n) is 4.00. The van der Waals surface area contributed by atoms with Crippen molar-refractivity contribution in [3.05, 3.63) is 65.2 Å². The van der Waals surface area contributed by atoms with E-state index in [4.69, 9.17) is 11.1 Å². The molecule has 2 rings (SSSR count). The number of nitrogens with two attached hydrogens (primary N) is 1. The van der Waals surface area contributed by atoms with Gasteiger partial charge in [0.2, 0.25) is 11.8 Å². The van der Waals surface area contributed by atoms with Gasteiger partial charge in [-0.25, -0.2) is 0 Å². The van der Waals surface area contributed by atoms with Gasteiger partial charge >= 0.3 is 0 Å². The summed E-state index contributed by atoms with van der Waals surface area (Å²) < 4.78 is 0. The first-order chi connectivity index (χ1) is 13.4. The monoisotopic (exact) mass is 383 g/mol. The number of nitrogen functional groups attached to an aromatic ring is 1. The average molecular weight is 383 g/mol. The highest BCUT2D eigenvalue weighted by Crippen LogP contribution is 2.09. The molecule has 28 heavy (non-hydrogen) atoms. The van der Waals surface area contributed by atoms with E-state index in [1.165, 1.54) is 0 Å². The van der Waals surface area contributed by atoms with Crippen LogP contribution in [0, 0.1) is 5.41 Å². The molecule has 2 amide bonds. The number of phenolic OH excluding ortho intramolecular Hbond substituents is 1. The molecule has 0 aliphatic rings. The normalized spacial score (nSPS) is 10.3. The van der Waals surface area contributed by atoms with E-state index in [9.17, 15) is 14.7 Å². The van der Waals surface area contributed by atoms with E-state index in [0.717, 1.165) is 11.1 Å². The number of rotatable bonds is 10. The van der Waals surface area contributed by atoms with Gasteiger partial charge in [-0.05, 0) is 29.7 Å². The number of amidine groups is 1. The van der Waals surface area contributed by atoms with E-state index in [2.05, 4.69) is 16.0 Å². The summed E-state index contributed by atoms with van der Waals surface area (Å²) in [4.78, 5) is 23.5. The first-order valence-corrected chi connectivity index (χ1v) is 8.89. The van der Waals surface area contributed by atoms with Crippen LogP contribution in [0.3, 0.4) is 0 Å². The highest BCUT2D eigenvalue weighted by atomic mass is 16.3. The lowest BCUT2D eigenvalue weighted by atomic mass is 10.1. The van der Waals surface area contributed by atoms with Gasteiger partial charge in [0.15, 0.2) is 0 Å². The van der Waals surface area contributed by atoms with Crippen molar-refractivity contribution in [2.45, 2.75) is 13.0 Å². The molecular formula is C20H25N5O3. The van der Waals surface area contributed by atoms with Gasteiger partial charge < -0.3 is 26.8 Å². The Morgan fingerprint density at radius 1 is 0.893 bits per heavy atom. The number of hydrogen-bond donors (Lipinski definition) is 6. The van der Waals surface area contributed by atoms with Crippen molar-refractivity contribution in [3.63, 3.8) is 0 Å². The first kappa shape index (κ1) is 20.9. The molecule has 0 aromatic heterocycles. The molecule has 0 heterocycles. The van der Waals surface area contributed by atoms with Crippen LogP contribution in [-0.4, -0.2) is 42.4 Å². The van der Waals surface area contributed by atoms with Gasteiger partial charge in [-0.1, -0.05) is 36.4 Å². The SMILES string of the molecule is N=C(N)c1ccc(CNCC(=O)NCC(=O)NCCc2ccc(O)cc2)cc1. The van der Waals surface area contributed by atoms with Crippen LogP contribution in [0.2, 0.25) is 0 Å². The number of benzene rings is 2. The Morgan fingerprint density at radius 3 is 2.14 bits per heavy atom. The fourth-order valence-corrected chi connectivity index (χ4v) is 2.44. The second-order valence-corrected chi connectivity index (χ2v) is 6.26. The van der Waals surface area contributed by atoms with Crippen molar-refractivity contribution < 1.29 is 14.7 Å². The molecule has 0 saturated carbocycles. The zero-order valence-electron chi connectivity index (χ0n) is 15.5. The molecule has 0 aliphatic heterocycles. The standard InChI is InChI=1S/C20H25N5O3/c21-20(22)16-5-1-15(2-6-16)11-23-12-18(27)25-13-19(28)24-10-9-14-3-7-17(26)8-4-14/h1-8,23,26H,9-13H2,(H3,21,22)(H,24,28)(H,25,27). The quantitative estimate of drug-likeness (QED) is 0.258. The molecule has 0 spiro atoms. The van der Waals surface area contributed by atoms with Crippen LogP contribution >= 0.6 is 0 Å². The number of hydrogen-bond acceptors (Lipinski definition) is 5. The molecule has 8 nitrogen and oxygen atoms in total. The molecule has 0 fully saturated rings. The van der Waals surface area contributed by atoms with Crippen molar-refractivity contribution in [1.82, 2.24) is 16.0 Å². The maximum atomic E-state index is 11.8. The molecule has 7 N–H and O–H groups in total. The van der Waals surface area contributed by atoms with Crippen LogP contribution in [0.5, 0.6) is 5.75 Å². The van der Waals surface area contributed by atoms with Crippen molar-refractivity contribution in [2.75, 3.05) is 19.6 Å². The number of carbonyl (C=O) groups is 2. The van der Waals surface area contributed by atoms with Gasteiger partial charge in [-0.2, -0.15) is 0 Å². The molecule has 148 valence electrons. The smallest absolute Gasteiger partial charge is 0.239 e. The Morgan fingerprint density at radius 2 is 1.50 bits per heavy atom. The Bertz CT molecular complexity index is 804. The number of aromatic hydroxyl groups is 1. The van der Waals surface area contributed by atoms with E-state index in [1.807, 2.05) is 12.1 Å². The maximum Gasteiger partial charge on any atom is 0.239 e. The van der Waals surface area contributed by atoms with Crippen molar-refractivity contribution >= 4 is 17.6 Å². The van der Waals surface area contributed by atoms with Crippen LogP contribution in [0.15, 0.2) is 48.5 Å². The minimum Gasteiger partial charge on any atom is -0.508 e. The van der Waals surface area contributed by atoms with E-state index >= 15 is 0 Å². The molecule has 0 radical (unpaired) electrons. The van der Waals surface area contributed by atoms with Crippen molar-refractivity contribution in [3.8, 4) is 5.75 Å². The van der Waals surface area contributed by atoms with Crippen LogP contribution < -0.4 is 21.7 Å². The maximum absolute atomic E-state index is 11.8. The molecule has 0 saturated heterocycles. The van der Waals surface area contributed by atoms with Gasteiger partial charge in [0.05, 0.1) is 13.1 Å². The number of phenols is 1. The van der Waals surface area contributed by atoms with E-state index < -0.39 is 0 Å². The molecule has 2 aromatic carbocycles. The Kier molecular flexibility index (Phi) is 7.98. The van der Waals surface area contributed by atoms with Gasteiger partial charge in [0.1, 0.15) is 11.6 Å². The third-order valence-corrected chi connectivity index (χ3v) is 4.00. The summed E-state index contributed by atoms with van der Waals surface area (Å²) in [7, 11) is 0. The van der Waals surface area contributed by atoms with Crippen LogP contribution in [0.1, 0.15) is 16.7 Å². The summed E-state index contributed by atoms with van der Waals surface area (Å²) in [5.41, 5.74) is 8.02. The fourth-order valence-electron chi connectivity index (χ4n) is 2.44. The topological polar surface area (TPSA) is 140 Å². The van der Waals surface area contributed by atoms with Gasteiger partial charge in [0, 0.05) is 18.7 Å². The van der Waals surface area contributed by atoms with E-state index in [1.54, 1.807) is 36.4 Å². The van der Waals surface area contributed by atoms with Gasteiger partial charge in [-0.15, -0.1) is 0 Å². The van der Waals surface area contributed by atoms with Crippen molar-refractivity contribution in [2.24, 2.45) is 5.73 Å². The van der Waals surface area contributed by atoms with E-state index in [0.29, 0.717) is 25.1 Å². The summed E-state index contributed by atoms with van der Waals surface area (Å²) in [6.45, 7) is 0.955. The van der Waals surface area contributed by atoms with Gasteiger partial charge in [0.25, 0.3) is 0 Å². The molecule has 8 heteroatoms. The second kappa shape index (κ2) is 10.7. The molecule has 2 aromatic rings. The lowest BCUT2D eigenvalue weighted by Gasteiger charge is -2.08. The Labute approximate surface area is 163 Å². The van der Waals surface area contributed by atoms with Crippen LogP contribution in [-0.2, 0) is 22.6 Å². The summed E-state index contributed by atoms with van der Waals surface area (Å²) >= 11 is 0.